The van der Waals surface area contributed by atoms with Crippen LogP contribution < -0.4 is 4.90 Å². The molecule has 1 aliphatic rings. The largest absolute Gasteiger partial charge is 0.395 e. The maximum atomic E-state index is 10.7. The average Bonchev–Trinajstić information content (AvgIpc) is 2.35. The molecule has 2 rings (SSSR count). The fourth-order valence-electron chi connectivity index (χ4n) is 2.13. The van der Waals surface area contributed by atoms with E-state index in [9.17, 15) is 10.1 Å². The van der Waals surface area contributed by atoms with E-state index in [0.717, 1.165) is 25.5 Å². The van der Waals surface area contributed by atoms with Gasteiger partial charge in [0.2, 0.25) is 0 Å². The van der Waals surface area contributed by atoms with Gasteiger partial charge in [0.15, 0.2) is 0 Å². The first-order valence-corrected chi connectivity index (χ1v) is 6.09. The minimum Gasteiger partial charge on any atom is -0.395 e. The van der Waals surface area contributed by atoms with Gasteiger partial charge in [-0.3, -0.25) is 10.1 Å². The monoisotopic (exact) mass is 262 g/mol. The van der Waals surface area contributed by atoms with E-state index in [4.69, 9.17) is 10.4 Å². The molecule has 0 spiro atoms. The van der Waals surface area contributed by atoms with Crippen molar-refractivity contribution in [2.75, 3.05) is 18.1 Å². The number of aliphatic hydroxyl groups excluding tert-OH is 1. The molecule has 0 aromatic carbocycles. The number of nitriles is 1. The summed E-state index contributed by atoms with van der Waals surface area (Å²) in [6.45, 7) is 0.337. The van der Waals surface area contributed by atoms with Gasteiger partial charge in [-0.25, -0.2) is 4.98 Å². The first-order valence-electron chi connectivity index (χ1n) is 6.09. The van der Waals surface area contributed by atoms with Gasteiger partial charge in [-0.1, -0.05) is 0 Å². The Morgan fingerprint density at radius 2 is 2.37 bits per heavy atom. The van der Waals surface area contributed by atoms with Crippen molar-refractivity contribution in [1.82, 2.24) is 4.98 Å². The van der Waals surface area contributed by atoms with Crippen molar-refractivity contribution < 1.29 is 10.0 Å². The highest BCUT2D eigenvalue weighted by Crippen LogP contribution is 2.31. The number of hydrogen-bond acceptors (Lipinski definition) is 6. The van der Waals surface area contributed by atoms with E-state index in [0.29, 0.717) is 12.4 Å². The van der Waals surface area contributed by atoms with Gasteiger partial charge in [0.1, 0.15) is 23.6 Å². The molecule has 0 saturated heterocycles. The second kappa shape index (κ2) is 5.63. The molecule has 0 atom stereocenters. The molecule has 1 N–H and O–H groups in total. The Morgan fingerprint density at radius 1 is 1.63 bits per heavy atom. The summed E-state index contributed by atoms with van der Waals surface area (Å²) < 4.78 is 0. The highest BCUT2D eigenvalue weighted by molar-refractivity contribution is 5.58. The number of aliphatic hydroxyl groups is 1. The smallest absolute Gasteiger partial charge is 0.289 e. The van der Waals surface area contributed by atoms with Crippen LogP contribution >= 0.6 is 0 Å². The molecule has 1 saturated carbocycles. The molecule has 7 nitrogen and oxygen atoms in total. The minimum atomic E-state index is -0.572. The predicted octanol–water partition coefficient (Wildman–Crippen LogP) is 1.21. The highest BCUT2D eigenvalue weighted by Gasteiger charge is 2.28. The number of nitrogens with zero attached hydrogens (tertiary/aromatic N) is 4. The normalized spacial score (nSPS) is 14.5. The topological polar surface area (TPSA) is 103 Å². The Bertz CT molecular complexity index is 522. The van der Waals surface area contributed by atoms with Crippen molar-refractivity contribution in [3.8, 4) is 6.07 Å². The predicted molar refractivity (Wildman–Crippen MR) is 67.7 cm³/mol. The van der Waals surface area contributed by atoms with Crippen molar-refractivity contribution in [1.29, 1.82) is 5.26 Å². The van der Waals surface area contributed by atoms with E-state index in [1.54, 1.807) is 0 Å². The minimum absolute atomic E-state index is 0.0416. The second-order valence-corrected chi connectivity index (χ2v) is 4.44. The van der Waals surface area contributed by atoms with Crippen molar-refractivity contribution in [3.05, 3.63) is 27.9 Å². The fourth-order valence-corrected chi connectivity index (χ4v) is 2.13. The van der Waals surface area contributed by atoms with Crippen molar-refractivity contribution in [2.24, 2.45) is 0 Å². The molecular weight excluding hydrogens is 248 g/mol. The van der Waals surface area contributed by atoms with Crippen LogP contribution in [0.3, 0.4) is 0 Å². The SMILES string of the molecule is N#Cc1cc([N+](=O)[O-])cnc1N(CCO)C1CCC1. The maximum Gasteiger partial charge on any atom is 0.289 e. The molecule has 7 heteroatoms. The molecule has 1 aromatic heterocycles. The fraction of sp³-hybridized carbons (Fsp3) is 0.500. The highest BCUT2D eigenvalue weighted by atomic mass is 16.6. The summed E-state index contributed by atoms with van der Waals surface area (Å²) in [4.78, 5) is 16.0. The summed E-state index contributed by atoms with van der Waals surface area (Å²) in [5.74, 6) is 0.423. The van der Waals surface area contributed by atoms with Crippen LogP contribution in [-0.4, -0.2) is 34.2 Å². The Hall–Kier alpha value is -2.20. The van der Waals surface area contributed by atoms with Gasteiger partial charge in [0.25, 0.3) is 5.69 Å². The maximum absolute atomic E-state index is 10.7. The van der Waals surface area contributed by atoms with Gasteiger partial charge in [-0.05, 0) is 19.3 Å². The molecule has 1 fully saturated rings. The van der Waals surface area contributed by atoms with Crippen LogP contribution in [0.25, 0.3) is 0 Å². The summed E-state index contributed by atoms with van der Waals surface area (Å²) in [6.07, 6.45) is 4.24. The van der Waals surface area contributed by atoms with Gasteiger partial charge in [0.05, 0.1) is 11.5 Å². The lowest BCUT2D eigenvalue weighted by Crippen LogP contribution is -2.42. The van der Waals surface area contributed by atoms with E-state index in [2.05, 4.69) is 4.98 Å². The standard InChI is InChI=1S/C12H14N4O3/c13-7-9-6-11(16(18)19)8-14-12(9)15(4-5-17)10-2-1-3-10/h6,8,10,17H,1-5H2. The van der Waals surface area contributed by atoms with E-state index in [1.807, 2.05) is 11.0 Å². The van der Waals surface area contributed by atoms with Gasteiger partial charge in [-0.2, -0.15) is 5.26 Å². The Labute approximate surface area is 110 Å². The molecule has 19 heavy (non-hydrogen) atoms. The van der Waals surface area contributed by atoms with Gasteiger partial charge >= 0.3 is 0 Å². The molecule has 1 aliphatic carbocycles. The summed E-state index contributed by atoms with van der Waals surface area (Å²) in [5.41, 5.74) is -0.0209. The summed E-state index contributed by atoms with van der Waals surface area (Å²) in [7, 11) is 0. The molecular formula is C12H14N4O3. The first-order chi connectivity index (χ1) is 9.17. The second-order valence-electron chi connectivity index (χ2n) is 4.44. The molecule has 0 radical (unpaired) electrons. The van der Waals surface area contributed by atoms with Crippen LogP contribution in [0.4, 0.5) is 11.5 Å². The van der Waals surface area contributed by atoms with E-state index in [-0.39, 0.29) is 23.9 Å². The molecule has 0 amide bonds. The third-order valence-electron chi connectivity index (χ3n) is 3.31. The Kier molecular flexibility index (Phi) is 3.92. The summed E-state index contributed by atoms with van der Waals surface area (Å²) >= 11 is 0. The molecule has 100 valence electrons. The third kappa shape index (κ3) is 2.63. The van der Waals surface area contributed by atoms with Crippen LogP contribution in [0, 0.1) is 21.4 Å². The number of nitro groups is 1. The Balaban J connectivity index is 2.36. The molecule has 1 aromatic rings. The van der Waals surface area contributed by atoms with Gasteiger partial charge < -0.3 is 10.0 Å². The zero-order valence-corrected chi connectivity index (χ0v) is 10.3. The quantitative estimate of drug-likeness (QED) is 0.632. The number of aromatic nitrogens is 1. The lowest BCUT2D eigenvalue weighted by Gasteiger charge is -2.38. The van der Waals surface area contributed by atoms with Crippen molar-refractivity contribution in [2.45, 2.75) is 25.3 Å². The van der Waals surface area contributed by atoms with Crippen LogP contribution in [-0.2, 0) is 0 Å². The summed E-state index contributed by atoms with van der Waals surface area (Å²) in [5, 5.41) is 28.9. The number of pyridine rings is 1. The Morgan fingerprint density at radius 3 is 2.84 bits per heavy atom. The van der Waals surface area contributed by atoms with Crippen LogP contribution in [0.15, 0.2) is 12.3 Å². The third-order valence-corrected chi connectivity index (χ3v) is 3.31. The number of hydrogen-bond donors (Lipinski definition) is 1. The number of anilines is 1. The van der Waals surface area contributed by atoms with Gasteiger partial charge in [-0.15, -0.1) is 0 Å². The van der Waals surface area contributed by atoms with E-state index in [1.165, 1.54) is 6.07 Å². The zero-order valence-electron chi connectivity index (χ0n) is 10.3. The first kappa shape index (κ1) is 13.2. The van der Waals surface area contributed by atoms with Crippen LogP contribution in [0.1, 0.15) is 24.8 Å². The van der Waals surface area contributed by atoms with Crippen molar-refractivity contribution in [3.63, 3.8) is 0 Å². The molecule has 0 aliphatic heterocycles. The van der Waals surface area contributed by atoms with E-state index >= 15 is 0 Å². The van der Waals surface area contributed by atoms with Crippen LogP contribution in [0.5, 0.6) is 0 Å². The van der Waals surface area contributed by atoms with Crippen molar-refractivity contribution >= 4 is 11.5 Å². The molecule has 0 bridgehead atoms. The zero-order chi connectivity index (χ0) is 13.8. The number of rotatable bonds is 5. The molecule has 1 heterocycles. The van der Waals surface area contributed by atoms with Gasteiger partial charge in [0, 0.05) is 18.7 Å². The lowest BCUT2D eigenvalue weighted by molar-refractivity contribution is -0.385. The lowest BCUT2D eigenvalue weighted by atomic mass is 9.91. The van der Waals surface area contributed by atoms with E-state index < -0.39 is 4.92 Å². The molecule has 0 unspecified atom stereocenters. The van der Waals surface area contributed by atoms with Crippen LogP contribution in [0.2, 0.25) is 0 Å². The summed E-state index contributed by atoms with van der Waals surface area (Å²) in [6, 6.07) is 3.43. The average molecular weight is 262 g/mol.